The summed E-state index contributed by atoms with van der Waals surface area (Å²) in [6, 6.07) is 4.63. The average molecular weight is 477 g/mol. The van der Waals surface area contributed by atoms with E-state index in [-0.39, 0.29) is 31.0 Å². The molecule has 1 amide bonds. The monoisotopic (exact) mass is 476 g/mol. The standard InChI is InChI=1S/C25H30F2N2O5/c1-16-13-21(17(2)29(16)9-4-12-33-3)23(30)15-34-25(32)18-7-10-28(11-8-18)24(31)20-6-5-19(26)14-22(20)27/h5-6,13-14,18H,4,7-12,15H2,1-3H3. The molecule has 0 N–H and O–H groups in total. The van der Waals surface area contributed by atoms with E-state index in [1.165, 1.54) is 4.90 Å². The molecule has 2 aromatic rings. The Labute approximate surface area is 197 Å². The molecule has 0 spiro atoms. The predicted molar refractivity (Wildman–Crippen MR) is 121 cm³/mol. The molecule has 0 atom stereocenters. The number of nitrogens with zero attached hydrogens (tertiary/aromatic N) is 2. The molecule has 1 aliphatic rings. The number of hydrogen-bond donors (Lipinski definition) is 0. The van der Waals surface area contributed by atoms with E-state index in [9.17, 15) is 23.2 Å². The van der Waals surface area contributed by atoms with E-state index in [4.69, 9.17) is 9.47 Å². The minimum atomic E-state index is -0.914. The van der Waals surface area contributed by atoms with Crippen molar-refractivity contribution in [3.63, 3.8) is 0 Å². The first-order chi connectivity index (χ1) is 16.2. The van der Waals surface area contributed by atoms with Crippen molar-refractivity contribution in [2.45, 2.75) is 39.7 Å². The molecule has 3 rings (SSSR count). The van der Waals surface area contributed by atoms with E-state index in [1.54, 1.807) is 13.2 Å². The molecule has 1 fully saturated rings. The van der Waals surface area contributed by atoms with Gasteiger partial charge in [-0.05, 0) is 51.3 Å². The molecule has 0 saturated carbocycles. The lowest BCUT2D eigenvalue weighted by Crippen LogP contribution is -2.41. The molecule has 0 bridgehead atoms. The van der Waals surface area contributed by atoms with Gasteiger partial charge in [-0.2, -0.15) is 0 Å². The minimum absolute atomic E-state index is 0.201. The van der Waals surface area contributed by atoms with Crippen LogP contribution in [0.3, 0.4) is 0 Å². The van der Waals surface area contributed by atoms with Crippen molar-refractivity contribution in [1.29, 1.82) is 0 Å². The summed E-state index contributed by atoms with van der Waals surface area (Å²) in [6.45, 7) is 5.29. The van der Waals surface area contributed by atoms with Crippen LogP contribution < -0.4 is 0 Å². The highest BCUT2D eigenvalue weighted by atomic mass is 19.1. The third kappa shape index (κ3) is 5.88. The Morgan fingerprint density at radius 3 is 2.41 bits per heavy atom. The lowest BCUT2D eigenvalue weighted by atomic mass is 9.96. The zero-order chi connectivity index (χ0) is 24.8. The van der Waals surface area contributed by atoms with Crippen molar-refractivity contribution in [3.05, 3.63) is 58.4 Å². The highest BCUT2D eigenvalue weighted by Gasteiger charge is 2.30. The van der Waals surface area contributed by atoms with E-state index in [0.29, 0.717) is 31.1 Å². The maximum Gasteiger partial charge on any atom is 0.309 e. The summed E-state index contributed by atoms with van der Waals surface area (Å²) in [7, 11) is 1.64. The number of carbonyl (C=O) groups excluding carboxylic acids is 3. The molecule has 1 aliphatic heterocycles. The molecule has 9 heteroatoms. The van der Waals surface area contributed by atoms with Crippen LogP contribution in [0.4, 0.5) is 8.78 Å². The van der Waals surface area contributed by atoms with Gasteiger partial charge in [0.1, 0.15) is 11.6 Å². The van der Waals surface area contributed by atoms with Crippen LogP contribution in [0.1, 0.15) is 51.4 Å². The van der Waals surface area contributed by atoms with Crippen LogP contribution in [-0.2, 0) is 20.8 Å². The van der Waals surface area contributed by atoms with Crippen molar-refractivity contribution in [3.8, 4) is 0 Å². The predicted octanol–water partition coefficient (Wildman–Crippen LogP) is 3.70. The van der Waals surface area contributed by atoms with Crippen LogP contribution in [-0.4, -0.2) is 60.5 Å². The number of benzene rings is 1. The normalized spacial score (nSPS) is 14.3. The fourth-order valence-electron chi connectivity index (χ4n) is 4.28. The molecule has 2 heterocycles. The third-order valence-electron chi connectivity index (χ3n) is 6.23. The Morgan fingerprint density at radius 1 is 1.06 bits per heavy atom. The topological polar surface area (TPSA) is 77.8 Å². The number of aromatic nitrogens is 1. The highest BCUT2D eigenvalue weighted by molar-refractivity contribution is 5.99. The molecule has 0 unspecified atom stereocenters. The van der Waals surface area contributed by atoms with Crippen LogP contribution in [0.2, 0.25) is 0 Å². The van der Waals surface area contributed by atoms with Crippen molar-refractivity contribution in [2.75, 3.05) is 33.4 Å². The largest absolute Gasteiger partial charge is 0.457 e. The van der Waals surface area contributed by atoms with Gasteiger partial charge in [0.25, 0.3) is 5.91 Å². The fourth-order valence-corrected chi connectivity index (χ4v) is 4.28. The number of piperidine rings is 1. The van der Waals surface area contributed by atoms with Gasteiger partial charge in [0.05, 0.1) is 11.5 Å². The maximum absolute atomic E-state index is 13.9. The first kappa shape index (κ1) is 25.6. The summed E-state index contributed by atoms with van der Waals surface area (Å²) < 4.78 is 39.4. The maximum atomic E-state index is 13.9. The number of halogens is 2. The Hall–Kier alpha value is -3.07. The molecule has 1 aromatic carbocycles. The quantitative estimate of drug-likeness (QED) is 0.313. The van der Waals surface area contributed by atoms with Gasteiger partial charge in [0.2, 0.25) is 5.78 Å². The van der Waals surface area contributed by atoms with Gasteiger partial charge in [-0.15, -0.1) is 0 Å². The SMILES string of the molecule is COCCCn1c(C)cc(C(=O)COC(=O)C2CCN(C(=O)c3ccc(F)cc3F)CC2)c1C. The molecule has 34 heavy (non-hydrogen) atoms. The van der Waals surface area contributed by atoms with Gasteiger partial charge in [-0.3, -0.25) is 14.4 Å². The molecule has 1 saturated heterocycles. The zero-order valence-electron chi connectivity index (χ0n) is 19.7. The first-order valence-corrected chi connectivity index (χ1v) is 11.3. The van der Waals surface area contributed by atoms with Gasteiger partial charge in [0, 0.05) is 56.4 Å². The van der Waals surface area contributed by atoms with Crippen LogP contribution >= 0.6 is 0 Å². The summed E-state index contributed by atoms with van der Waals surface area (Å²) in [5.41, 5.74) is 2.12. The third-order valence-corrected chi connectivity index (χ3v) is 6.23. The Balaban J connectivity index is 1.50. The summed E-state index contributed by atoms with van der Waals surface area (Å²) >= 11 is 0. The second kappa shape index (κ2) is 11.4. The van der Waals surface area contributed by atoms with E-state index in [1.807, 2.05) is 18.4 Å². The average Bonchev–Trinajstić information content (AvgIpc) is 3.10. The number of hydrogen-bond acceptors (Lipinski definition) is 5. The van der Waals surface area contributed by atoms with Crippen LogP contribution in [0.5, 0.6) is 0 Å². The number of Topliss-reactive ketones (excluding diaryl/α,β-unsaturated/α-hetero) is 1. The lowest BCUT2D eigenvalue weighted by molar-refractivity contribution is -0.148. The highest BCUT2D eigenvalue weighted by Crippen LogP contribution is 2.22. The molecule has 7 nitrogen and oxygen atoms in total. The number of likely N-dealkylation sites (tertiary alicyclic amines) is 1. The van der Waals surface area contributed by atoms with Crippen LogP contribution in [0, 0.1) is 31.4 Å². The fraction of sp³-hybridized carbons (Fsp3) is 0.480. The Morgan fingerprint density at radius 2 is 1.76 bits per heavy atom. The number of carbonyl (C=O) groups is 3. The molecule has 0 radical (unpaired) electrons. The Bertz CT molecular complexity index is 1060. The lowest BCUT2D eigenvalue weighted by Gasteiger charge is -2.31. The number of rotatable bonds is 9. The van der Waals surface area contributed by atoms with E-state index in [0.717, 1.165) is 36.5 Å². The number of methoxy groups -OCH3 is 1. The number of esters is 1. The summed E-state index contributed by atoms with van der Waals surface area (Å²) in [5.74, 6) is -3.40. The summed E-state index contributed by atoms with van der Waals surface area (Å²) in [6.07, 6.45) is 1.51. The number of ketones is 1. The second-order valence-corrected chi connectivity index (χ2v) is 8.50. The summed E-state index contributed by atoms with van der Waals surface area (Å²) in [4.78, 5) is 39.1. The number of ether oxygens (including phenoxy) is 2. The minimum Gasteiger partial charge on any atom is -0.457 e. The van der Waals surface area contributed by atoms with E-state index >= 15 is 0 Å². The molecular formula is C25H30F2N2O5. The van der Waals surface area contributed by atoms with E-state index < -0.39 is 29.4 Å². The molecule has 184 valence electrons. The summed E-state index contributed by atoms with van der Waals surface area (Å²) in [5, 5.41) is 0. The number of aryl methyl sites for hydroxylation is 1. The van der Waals surface area contributed by atoms with Crippen LogP contribution in [0.15, 0.2) is 24.3 Å². The van der Waals surface area contributed by atoms with Crippen molar-refractivity contribution < 1.29 is 32.6 Å². The van der Waals surface area contributed by atoms with Crippen LogP contribution in [0.25, 0.3) is 0 Å². The zero-order valence-corrected chi connectivity index (χ0v) is 19.7. The van der Waals surface area contributed by atoms with E-state index in [2.05, 4.69) is 0 Å². The molecule has 1 aromatic heterocycles. The van der Waals surface area contributed by atoms with Crippen molar-refractivity contribution in [1.82, 2.24) is 9.47 Å². The molecule has 0 aliphatic carbocycles. The van der Waals surface area contributed by atoms with Gasteiger partial charge in [-0.25, -0.2) is 8.78 Å². The number of amides is 1. The smallest absolute Gasteiger partial charge is 0.309 e. The van der Waals surface area contributed by atoms with Crippen molar-refractivity contribution >= 4 is 17.7 Å². The van der Waals surface area contributed by atoms with Gasteiger partial charge >= 0.3 is 5.97 Å². The first-order valence-electron chi connectivity index (χ1n) is 11.3. The molecular weight excluding hydrogens is 446 g/mol. The second-order valence-electron chi connectivity index (χ2n) is 8.50. The van der Waals surface area contributed by atoms with Gasteiger partial charge in [0.15, 0.2) is 6.61 Å². The van der Waals surface area contributed by atoms with Gasteiger partial charge < -0.3 is 18.9 Å². The van der Waals surface area contributed by atoms with Crippen molar-refractivity contribution in [2.24, 2.45) is 5.92 Å². The van der Waals surface area contributed by atoms with Gasteiger partial charge in [-0.1, -0.05) is 0 Å². The Kier molecular flexibility index (Phi) is 8.55.